The lowest BCUT2D eigenvalue weighted by Crippen LogP contribution is -2.17. The number of hydrogen-bond acceptors (Lipinski definition) is 4. The van der Waals surface area contributed by atoms with E-state index >= 15 is 0 Å². The van der Waals surface area contributed by atoms with Crippen LogP contribution < -0.4 is 5.73 Å². The largest absolute Gasteiger partial charge is 0.339 e. The van der Waals surface area contributed by atoms with Crippen LogP contribution in [0.4, 0.5) is 0 Å². The minimum Gasteiger partial charge on any atom is -0.339 e. The van der Waals surface area contributed by atoms with Gasteiger partial charge in [0.05, 0.1) is 0 Å². The number of nitrogens with two attached hydrogens (primary N) is 1. The second-order valence-corrected chi connectivity index (χ2v) is 5.43. The molecular weight excluding hydrogens is 262 g/mol. The molecule has 0 saturated heterocycles. The molecule has 1 fully saturated rings. The summed E-state index contributed by atoms with van der Waals surface area (Å²) < 4.78 is 5.42. The Hall–Kier alpha value is -1.39. The lowest BCUT2D eigenvalue weighted by Gasteiger charge is -2.12. The standard InChI is InChI=1S/C14H16ClN3O/c15-11-6-4-9(5-7-11)13-17-14(19-18-13)12-3-1-2-10(12)8-16/h4-7,10,12H,1-3,8,16H2. The van der Waals surface area contributed by atoms with E-state index in [9.17, 15) is 0 Å². The van der Waals surface area contributed by atoms with Crippen LogP contribution in [0.5, 0.6) is 0 Å². The highest BCUT2D eigenvalue weighted by Gasteiger charge is 2.31. The monoisotopic (exact) mass is 277 g/mol. The molecule has 0 aliphatic heterocycles. The fraction of sp³-hybridized carbons (Fsp3) is 0.429. The molecule has 2 atom stereocenters. The van der Waals surface area contributed by atoms with Crippen molar-refractivity contribution in [3.63, 3.8) is 0 Å². The maximum Gasteiger partial charge on any atom is 0.230 e. The third-order valence-electron chi connectivity index (χ3n) is 3.82. The second-order valence-electron chi connectivity index (χ2n) is 5.00. The Kier molecular flexibility index (Phi) is 3.53. The highest BCUT2D eigenvalue weighted by molar-refractivity contribution is 6.30. The Labute approximate surface area is 117 Å². The lowest BCUT2D eigenvalue weighted by molar-refractivity contribution is 0.326. The van der Waals surface area contributed by atoms with Crippen LogP contribution in [0.25, 0.3) is 11.4 Å². The molecule has 0 radical (unpaired) electrons. The quantitative estimate of drug-likeness (QED) is 0.935. The van der Waals surface area contributed by atoms with Crippen LogP contribution >= 0.6 is 11.6 Å². The van der Waals surface area contributed by atoms with E-state index in [4.69, 9.17) is 21.9 Å². The number of aromatic nitrogens is 2. The van der Waals surface area contributed by atoms with E-state index in [1.165, 1.54) is 6.42 Å². The van der Waals surface area contributed by atoms with Crippen molar-refractivity contribution < 1.29 is 4.52 Å². The molecule has 100 valence electrons. The molecule has 1 saturated carbocycles. The summed E-state index contributed by atoms with van der Waals surface area (Å²) in [5, 5.41) is 4.76. The number of nitrogens with zero attached hydrogens (tertiary/aromatic N) is 2. The third-order valence-corrected chi connectivity index (χ3v) is 4.08. The Morgan fingerprint density at radius 3 is 2.79 bits per heavy atom. The molecular formula is C14H16ClN3O. The number of halogens is 1. The summed E-state index contributed by atoms with van der Waals surface area (Å²) in [5.41, 5.74) is 6.71. The Morgan fingerprint density at radius 2 is 2.05 bits per heavy atom. The Balaban J connectivity index is 1.85. The van der Waals surface area contributed by atoms with E-state index in [2.05, 4.69) is 10.1 Å². The van der Waals surface area contributed by atoms with Crippen molar-refractivity contribution in [2.75, 3.05) is 6.54 Å². The van der Waals surface area contributed by atoms with Crippen LogP contribution in [0.15, 0.2) is 28.8 Å². The summed E-state index contributed by atoms with van der Waals surface area (Å²) in [4.78, 5) is 4.51. The van der Waals surface area contributed by atoms with E-state index in [1.807, 2.05) is 24.3 Å². The molecule has 1 aliphatic carbocycles. The Bertz CT molecular complexity index is 552. The van der Waals surface area contributed by atoms with Crippen molar-refractivity contribution >= 4 is 11.6 Å². The van der Waals surface area contributed by atoms with Gasteiger partial charge in [0.25, 0.3) is 0 Å². The third kappa shape index (κ3) is 2.51. The van der Waals surface area contributed by atoms with Gasteiger partial charge in [0.1, 0.15) is 0 Å². The predicted octanol–water partition coefficient (Wildman–Crippen LogP) is 3.23. The van der Waals surface area contributed by atoms with Crippen molar-refractivity contribution in [1.82, 2.24) is 10.1 Å². The highest BCUT2D eigenvalue weighted by atomic mass is 35.5. The fourth-order valence-corrected chi connectivity index (χ4v) is 2.87. The first-order valence-electron chi connectivity index (χ1n) is 6.57. The molecule has 3 rings (SSSR count). The first-order valence-corrected chi connectivity index (χ1v) is 6.95. The summed E-state index contributed by atoms with van der Waals surface area (Å²) in [6.45, 7) is 0.684. The van der Waals surface area contributed by atoms with Gasteiger partial charge in [-0.25, -0.2) is 0 Å². The van der Waals surface area contributed by atoms with Gasteiger partial charge >= 0.3 is 0 Å². The molecule has 0 spiro atoms. The lowest BCUT2D eigenvalue weighted by atomic mass is 9.96. The highest BCUT2D eigenvalue weighted by Crippen LogP contribution is 2.38. The predicted molar refractivity (Wildman–Crippen MR) is 73.9 cm³/mol. The zero-order chi connectivity index (χ0) is 13.2. The SMILES string of the molecule is NCC1CCCC1c1nc(-c2ccc(Cl)cc2)no1. The average Bonchev–Trinajstić information content (AvgIpc) is 3.07. The fourth-order valence-electron chi connectivity index (χ4n) is 2.75. The maximum atomic E-state index is 5.87. The summed E-state index contributed by atoms with van der Waals surface area (Å²) in [5.74, 6) is 2.13. The first-order chi connectivity index (χ1) is 9.28. The van der Waals surface area contributed by atoms with Gasteiger partial charge in [-0.15, -0.1) is 0 Å². The molecule has 1 aromatic carbocycles. The number of rotatable bonds is 3. The van der Waals surface area contributed by atoms with Crippen LogP contribution in [0.3, 0.4) is 0 Å². The van der Waals surface area contributed by atoms with Gasteiger partial charge in [0, 0.05) is 16.5 Å². The van der Waals surface area contributed by atoms with Crippen molar-refractivity contribution in [3.05, 3.63) is 35.2 Å². The van der Waals surface area contributed by atoms with Crippen molar-refractivity contribution in [3.8, 4) is 11.4 Å². The zero-order valence-electron chi connectivity index (χ0n) is 10.6. The van der Waals surface area contributed by atoms with Gasteiger partial charge in [-0.2, -0.15) is 4.98 Å². The van der Waals surface area contributed by atoms with Gasteiger partial charge in [-0.3, -0.25) is 0 Å². The topological polar surface area (TPSA) is 64.9 Å². The van der Waals surface area contributed by atoms with Gasteiger partial charge < -0.3 is 10.3 Å². The summed E-state index contributed by atoms with van der Waals surface area (Å²) in [7, 11) is 0. The van der Waals surface area contributed by atoms with Crippen molar-refractivity contribution in [2.24, 2.45) is 11.7 Å². The maximum absolute atomic E-state index is 5.87. The van der Waals surface area contributed by atoms with Crippen molar-refractivity contribution in [1.29, 1.82) is 0 Å². The summed E-state index contributed by atoms with van der Waals surface area (Å²) in [6, 6.07) is 7.44. The van der Waals surface area contributed by atoms with Crippen LogP contribution in [0, 0.1) is 5.92 Å². The van der Waals surface area contributed by atoms with E-state index in [-0.39, 0.29) is 0 Å². The van der Waals surface area contributed by atoms with E-state index in [0.717, 1.165) is 24.3 Å². The number of benzene rings is 1. The molecule has 0 amide bonds. The minimum absolute atomic E-state index is 0.318. The van der Waals surface area contributed by atoms with E-state index in [1.54, 1.807) is 0 Å². The summed E-state index contributed by atoms with van der Waals surface area (Å²) >= 11 is 5.87. The smallest absolute Gasteiger partial charge is 0.230 e. The van der Waals surface area contributed by atoms with Crippen LogP contribution in [-0.2, 0) is 0 Å². The van der Waals surface area contributed by atoms with Gasteiger partial charge in [-0.1, -0.05) is 23.2 Å². The molecule has 0 bridgehead atoms. The molecule has 2 aromatic rings. The average molecular weight is 278 g/mol. The Morgan fingerprint density at radius 1 is 1.26 bits per heavy atom. The number of hydrogen-bond donors (Lipinski definition) is 1. The molecule has 5 heteroatoms. The molecule has 4 nitrogen and oxygen atoms in total. The first kappa shape index (κ1) is 12.6. The molecule has 2 N–H and O–H groups in total. The molecule has 2 unspecified atom stereocenters. The summed E-state index contributed by atoms with van der Waals surface area (Å²) in [6.07, 6.45) is 3.43. The van der Waals surface area contributed by atoms with Crippen LogP contribution in [0.2, 0.25) is 5.02 Å². The van der Waals surface area contributed by atoms with Crippen LogP contribution in [-0.4, -0.2) is 16.7 Å². The van der Waals surface area contributed by atoms with Crippen LogP contribution in [0.1, 0.15) is 31.1 Å². The molecule has 1 heterocycles. The van der Waals surface area contributed by atoms with E-state index in [0.29, 0.717) is 29.2 Å². The van der Waals surface area contributed by atoms with Gasteiger partial charge in [-0.05, 0) is 49.6 Å². The van der Waals surface area contributed by atoms with Gasteiger partial charge in [0.2, 0.25) is 11.7 Å². The second kappa shape index (κ2) is 5.31. The normalized spacial score (nSPS) is 22.8. The molecule has 19 heavy (non-hydrogen) atoms. The van der Waals surface area contributed by atoms with Gasteiger partial charge in [0.15, 0.2) is 0 Å². The molecule has 1 aromatic heterocycles. The minimum atomic E-state index is 0.318. The molecule has 1 aliphatic rings. The van der Waals surface area contributed by atoms with Crippen molar-refractivity contribution in [2.45, 2.75) is 25.2 Å². The zero-order valence-corrected chi connectivity index (χ0v) is 11.3. The van der Waals surface area contributed by atoms with E-state index < -0.39 is 0 Å².